The lowest BCUT2D eigenvalue weighted by Crippen LogP contribution is -2.40. The van der Waals surface area contributed by atoms with Crippen molar-refractivity contribution < 1.29 is 18.6 Å². The molecule has 162 valence electrons. The number of fused-ring (bicyclic) bond motifs is 3. The van der Waals surface area contributed by atoms with Crippen LogP contribution in [0.2, 0.25) is 0 Å². The molecule has 0 aliphatic carbocycles. The number of sulfonamides is 1. The summed E-state index contributed by atoms with van der Waals surface area (Å²) in [6.45, 7) is 1.60. The molecule has 7 heteroatoms. The first-order chi connectivity index (χ1) is 14.9. The van der Waals surface area contributed by atoms with Crippen LogP contribution in [0.3, 0.4) is 0 Å². The van der Waals surface area contributed by atoms with Crippen molar-refractivity contribution in [2.45, 2.75) is 24.5 Å². The number of aromatic nitrogens is 1. The van der Waals surface area contributed by atoms with Gasteiger partial charge < -0.3 is 14.8 Å². The fraction of sp³-hybridized carbons (Fsp3) is 0.250. The molecule has 0 radical (unpaired) electrons. The summed E-state index contributed by atoms with van der Waals surface area (Å²) in [7, 11) is -3.83. The lowest BCUT2D eigenvalue weighted by molar-refractivity contribution is 0.123. The third kappa shape index (κ3) is 4.22. The molecule has 0 unspecified atom stereocenters. The topological polar surface area (TPSA) is 82.8 Å². The van der Waals surface area contributed by atoms with Crippen molar-refractivity contribution in [1.82, 2.24) is 8.87 Å². The van der Waals surface area contributed by atoms with E-state index < -0.39 is 16.1 Å². The Bertz CT molecular complexity index is 1240. The van der Waals surface area contributed by atoms with Crippen LogP contribution >= 0.6 is 0 Å². The number of hydrogen-bond acceptors (Lipinski definition) is 4. The Hall–Kier alpha value is -2.71. The summed E-state index contributed by atoms with van der Waals surface area (Å²) in [4.78, 5) is 0.149. The molecule has 0 fully saturated rings. The molecule has 4 aromatic rings. The van der Waals surface area contributed by atoms with E-state index in [1.165, 1.54) is 0 Å². The van der Waals surface area contributed by atoms with Crippen molar-refractivity contribution in [3.8, 4) is 0 Å². The van der Waals surface area contributed by atoms with Gasteiger partial charge in [0.1, 0.15) is 0 Å². The smallest absolute Gasteiger partial charge is 0.243 e. The molecule has 3 aromatic carbocycles. The van der Waals surface area contributed by atoms with Crippen molar-refractivity contribution in [3.05, 3.63) is 78.4 Å². The van der Waals surface area contributed by atoms with Crippen LogP contribution in [0, 0.1) is 6.92 Å². The summed E-state index contributed by atoms with van der Waals surface area (Å²) < 4.78 is 29.4. The zero-order valence-electron chi connectivity index (χ0n) is 17.3. The van der Waals surface area contributed by atoms with Gasteiger partial charge in [-0.3, -0.25) is 0 Å². The molecule has 0 aliphatic rings. The van der Waals surface area contributed by atoms with Crippen LogP contribution in [0.15, 0.2) is 77.7 Å². The molecular weight excluding hydrogens is 412 g/mol. The quantitative estimate of drug-likeness (QED) is 0.443. The SMILES string of the molecule is Cc1ccc(S(=O)(=O)N(CCO)C[C@H](O)Cn2c3ccccc3c3ccccc32)cc1. The molecule has 31 heavy (non-hydrogen) atoms. The third-order valence-corrected chi connectivity index (χ3v) is 7.38. The van der Waals surface area contributed by atoms with E-state index in [1.54, 1.807) is 24.3 Å². The first kappa shape index (κ1) is 21.5. The molecular formula is C24H26N2O4S. The van der Waals surface area contributed by atoms with Crippen LogP contribution in [0.25, 0.3) is 21.8 Å². The second-order valence-corrected chi connectivity index (χ2v) is 9.64. The Morgan fingerprint density at radius 2 is 1.45 bits per heavy atom. The van der Waals surface area contributed by atoms with E-state index in [4.69, 9.17) is 0 Å². The normalized spacial score (nSPS) is 13.3. The maximum atomic E-state index is 13.1. The number of nitrogens with zero attached hydrogens (tertiary/aromatic N) is 2. The fourth-order valence-corrected chi connectivity index (χ4v) is 5.45. The van der Waals surface area contributed by atoms with Crippen molar-refractivity contribution >= 4 is 31.8 Å². The molecule has 0 saturated carbocycles. The summed E-state index contributed by atoms with van der Waals surface area (Å²) >= 11 is 0. The predicted octanol–water partition coefficient (Wildman–Crippen LogP) is 3.15. The van der Waals surface area contributed by atoms with Gasteiger partial charge in [-0.1, -0.05) is 54.1 Å². The molecule has 0 amide bonds. The maximum absolute atomic E-state index is 13.1. The molecule has 2 N–H and O–H groups in total. The van der Waals surface area contributed by atoms with Gasteiger partial charge in [0.05, 0.1) is 24.2 Å². The lowest BCUT2D eigenvalue weighted by atomic mass is 10.2. The molecule has 0 aliphatic heterocycles. The van der Waals surface area contributed by atoms with Crippen molar-refractivity contribution in [3.63, 3.8) is 0 Å². The molecule has 0 spiro atoms. The number of para-hydroxylation sites is 2. The van der Waals surface area contributed by atoms with Gasteiger partial charge in [0.25, 0.3) is 0 Å². The molecule has 1 atom stereocenters. The van der Waals surface area contributed by atoms with Gasteiger partial charge in [-0.25, -0.2) is 8.42 Å². The van der Waals surface area contributed by atoms with Gasteiger partial charge in [-0.2, -0.15) is 4.31 Å². The van der Waals surface area contributed by atoms with Gasteiger partial charge in [-0.05, 0) is 31.2 Å². The van der Waals surface area contributed by atoms with Gasteiger partial charge in [0, 0.05) is 34.9 Å². The second-order valence-electron chi connectivity index (χ2n) is 7.70. The Morgan fingerprint density at radius 1 is 0.903 bits per heavy atom. The monoisotopic (exact) mass is 438 g/mol. The van der Waals surface area contributed by atoms with Crippen molar-refractivity contribution in [2.75, 3.05) is 19.7 Å². The van der Waals surface area contributed by atoms with Crippen LogP contribution < -0.4 is 0 Å². The maximum Gasteiger partial charge on any atom is 0.243 e. The molecule has 4 rings (SSSR count). The highest BCUT2D eigenvalue weighted by molar-refractivity contribution is 7.89. The highest BCUT2D eigenvalue weighted by Crippen LogP contribution is 2.29. The van der Waals surface area contributed by atoms with Crippen LogP contribution in [0.5, 0.6) is 0 Å². The number of aryl methyl sites for hydroxylation is 1. The summed E-state index contributed by atoms with van der Waals surface area (Å²) in [6.07, 6.45) is -0.953. The minimum absolute atomic E-state index is 0.0829. The molecule has 0 saturated heterocycles. The first-order valence-corrected chi connectivity index (χ1v) is 11.7. The van der Waals surface area contributed by atoms with Gasteiger partial charge in [-0.15, -0.1) is 0 Å². The number of aliphatic hydroxyl groups is 2. The molecule has 1 heterocycles. The van der Waals surface area contributed by atoms with Crippen LogP contribution in [0.4, 0.5) is 0 Å². The highest BCUT2D eigenvalue weighted by Gasteiger charge is 2.27. The van der Waals surface area contributed by atoms with Crippen LogP contribution in [-0.2, 0) is 16.6 Å². The first-order valence-electron chi connectivity index (χ1n) is 10.2. The summed E-state index contributed by atoms with van der Waals surface area (Å²) in [6, 6.07) is 22.5. The lowest BCUT2D eigenvalue weighted by Gasteiger charge is -2.25. The number of aliphatic hydroxyl groups excluding tert-OH is 2. The Balaban J connectivity index is 1.63. The third-order valence-electron chi connectivity index (χ3n) is 5.50. The van der Waals surface area contributed by atoms with Crippen molar-refractivity contribution in [1.29, 1.82) is 0 Å². The molecule has 6 nitrogen and oxygen atoms in total. The predicted molar refractivity (Wildman–Crippen MR) is 122 cm³/mol. The zero-order valence-corrected chi connectivity index (χ0v) is 18.2. The fourth-order valence-electron chi connectivity index (χ4n) is 3.98. The summed E-state index contributed by atoms with van der Waals surface area (Å²) in [5.41, 5.74) is 2.93. The van der Waals surface area contributed by atoms with E-state index >= 15 is 0 Å². The molecule has 0 bridgehead atoms. The van der Waals surface area contributed by atoms with Crippen LogP contribution in [0.1, 0.15) is 5.56 Å². The Morgan fingerprint density at radius 3 is 2.00 bits per heavy atom. The van der Waals surface area contributed by atoms with E-state index in [0.717, 1.165) is 31.7 Å². The van der Waals surface area contributed by atoms with E-state index in [2.05, 4.69) is 0 Å². The summed E-state index contributed by atoms with van der Waals surface area (Å²) in [5, 5.41) is 22.5. The van der Waals surface area contributed by atoms with Crippen molar-refractivity contribution in [2.24, 2.45) is 0 Å². The standard InChI is InChI=1S/C24H26N2O4S/c1-18-10-12-20(13-11-18)31(29,30)25(14-15-27)16-19(28)17-26-23-8-4-2-6-21(23)22-7-3-5-9-24(22)26/h2-13,19,27-28H,14-17H2,1H3/t19-/m0/s1. The van der Waals surface area contributed by atoms with Crippen LogP contribution in [-0.4, -0.2) is 53.3 Å². The second kappa shape index (κ2) is 8.80. The van der Waals surface area contributed by atoms with E-state index in [-0.39, 0.29) is 31.1 Å². The number of rotatable bonds is 8. The highest BCUT2D eigenvalue weighted by atomic mass is 32.2. The van der Waals surface area contributed by atoms with Gasteiger partial charge in [0.15, 0.2) is 0 Å². The van der Waals surface area contributed by atoms with E-state index in [1.807, 2.05) is 60.0 Å². The minimum atomic E-state index is -3.83. The Labute approximate surface area is 182 Å². The summed E-state index contributed by atoms with van der Waals surface area (Å²) in [5.74, 6) is 0. The van der Waals surface area contributed by atoms with E-state index in [9.17, 15) is 18.6 Å². The zero-order chi connectivity index (χ0) is 22.0. The van der Waals surface area contributed by atoms with Gasteiger partial charge in [0.2, 0.25) is 10.0 Å². The van der Waals surface area contributed by atoms with E-state index in [0.29, 0.717) is 0 Å². The Kier molecular flexibility index (Phi) is 6.11. The average Bonchev–Trinajstić information content (AvgIpc) is 3.08. The molecule has 1 aromatic heterocycles. The minimum Gasteiger partial charge on any atom is -0.395 e. The number of hydrogen-bond donors (Lipinski definition) is 2. The largest absolute Gasteiger partial charge is 0.395 e. The number of benzene rings is 3. The van der Waals surface area contributed by atoms with Gasteiger partial charge >= 0.3 is 0 Å². The average molecular weight is 439 g/mol.